The van der Waals surface area contributed by atoms with Crippen molar-refractivity contribution < 1.29 is 29.6 Å². The highest BCUT2D eigenvalue weighted by atomic mass is 16.6. The van der Waals surface area contributed by atoms with Crippen LogP contribution in [0.15, 0.2) is 30.3 Å². The number of nitrogens with two attached hydrogens (primary N) is 1. The highest BCUT2D eigenvalue weighted by Gasteiger charge is 2.44. The van der Waals surface area contributed by atoms with Gasteiger partial charge in [-0.05, 0) is 25.8 Å². The lowest BCUT2D eigenvalue weighted by atomic mass is 9.93. The Labute approximate surface area is 159 Å². The van der Waals surface area contributed by atoms with Crippen LogP contribution in [-0.4, -0.2) is 77.0 Å². The molecule has 2 rings (SSSR count). The molecular weight excluding hydrogens is 352 g/mol. The summed E-state index contributed by atoms with van der Waals surface area (Å²) in [6.45, 7) is 2.65. The number of aliphatic hydroxyl groups is 3. The van der Waals surface area contributed by atoms with Crippen LogP contribution in [0.1, 0.15) is 19.4 Å². The molecule has 7 unspecified atom stereocenters. The predicted octanol–water partition coefficient (Wildman–Crippen LogP) is -1.05. The summed E-state index contributed by atoms with van der Waals surface area (Å²) in [6.07, 6.45) is -4.06. The normalized spacial score (nSPS) is 30.5. The summed E-state index contributed by atoms with van der Waals surface area (Å²) in [6, 6.07) is 8.87. The zero-order valence-corrected chi connectivity index (χ0v) is 15.7. The summed E-state index contributed by atoms with van der Waals surface area (Å²) in [5.41, 5.74) is 7.12. The van der Waals surface area contributed by atoms with Crippen LogP contribution in [0.3, 0.4) is 0 Å². The van der Waals surface area contributed by atoms with Crippen molar-refractivity contribution >= 4 is 5.91 Å². The third-order valence-corrected chi connectivity index (χ3v) is 4.74. The quantitative estimate of drug-likeness (QED) is 0.387. The van der Waals surface area contributed by atoms with Gasteiger partial charge in [0.05, 0.1) is 25.4 Å². The summed E-state index contributed by atoms with van der Waals surface area (Å²) in [7, 11) is 0. The molecule has 27 heavy (non-hydrogen) atoms. The lowest BCUT2D eigenvalue weighted by Crippen LogP contribution is -2.64. The second-order valence-corrected chi connectivity index (χ2v) is 6.99. The fourth-order valence-corrected chi connectivity index (χ4v) is 3.21. The zero-order valence-electron chi connectivity index (χ0n) is 15.7. The van der Waals surface area contributed by atoms with Gasteiger partial charge >= 0.3 is 0 Å². The molecule has 0 bridgehead atoms. The monoisotopic (exact) mass is 382 g/mol. The Bertz CT molecular complexity index is 571. The molecular formula is C19H30N2O6. The van der Waals surface area contributed by atoms with Crippen LogP contribution in [0.25, 0.3) is 0 Å². The van der Waals surface area contributed by atoms with Crippen molar-refractivity contribution in [3.05, 3.63) is 35.9 Å². The van der Waals surface area contributed by atoms with E-state index in [9.17, 15) is 20.1 Å². The molecule has 8 heteroatoms. The van der Waals surface area contributed by atoms with Crippen LogP contribution in [-0.2, 0) is 20.7 Å². The number of hydrogen-bond acceptors (Lipinski definition) is 7. The molecule has 1 saturated heterocycles. The lowest BCUT2D eigenvalue weighted by molar-refractivity contribution is -0.217. The Morgan fingerprint density at radius 1 is 1.22 bits per heavy atom. The molecule has 1 aliphatic heterocycles. The topological polar surface area (TPSA) is 134 Å². The van der Waals surface area contributed by atoms with Gasteiger partial charge in [-0.15, -0.1) is 0 Å². The molecule has 1 heterocycles. The van der Waals surface area contributed by atoms with Gasteiger partial charge in [-0.25, -0.2) is 0 Å². The first-order valence-corrected chi connectivity index (χ1v) is 9.18. The first-order chi connectivity index (χ1) is 12.9. The van der Waals surface area contributed by atoms with Crippen LogP contribution in [0.5, 0.6) is 0 Å². The van der Waals surface area contributed by atoms with Crippen molar-refractivity contribution in [1.82, 2.24) is 5.32 Å². The van der Waals surface area contributed by atoms with Gasteiger partial charge in [0, 0.05) is 6.04 Å². The van der Waals surface area contributed by atoms with Crippen molar-refractivity contribution in [2.24, 2.45) is 5.73 Å². The Hall–Kier alpha value is -1.55. The largest absolute Gasteiger partial charge is 0.394 e. The minimum absolute atomic E-state index is 0.102. The van der Waals surface area contributed by atoms with E-state index in [1.54, 1.807) is 6.92 Å². The maximum absolute atomic E-state index is 12.4. The van der Waals surface area contributed by atoms with E-state index in [0.29, 0.717) is 6.42 Å². The van der Waals surface area contributed by atoms with Gasteiger partial charge in [0.2, 0.25) is 5.91 Å². The molecule has 0 saturated carbocycles. The number of ether oxygens (including phenoxy) is 2. The Morgan fingerprint density at radius 2 is 1.85 bits per heavy atom. The zero-order chi connectivity index (χ0) is 20.0. The third-order valence-electron chi connectivity index (χ3n) is 4.74. The number of nitrogens with one attached hydrogen (secondary N) is 1. The van der Waals surface area contributed by atoms with Crippen molar-refractivity contribution in [2.45, 2.75) is 62.9 Å². The number of rotatable bonds is 8. The van der Waals surface area contributed by atoms with E-state index < -0.39 is 43.2 Å². The Kier molecular flexibility index (Phi) is 8.15. The lowest BCUT2D eigenvalue weighted by Gasteiger charge is -2.43. The maximum Gasteiger partial charge on any atom is 0.249 e. The number of carbonyl (C=O) groups is 1. The minimum atomic E-state index is -1.20. The number of benzene rings is 1. The van der Waals surface area contributed by atoms with E-state index in [1.165, 1.54) is 0 Å². The number of carbonyl (C=O) groups excluding carboxylic acids is 1. The summed E-state index contributed by atoms with van der Waals surface area (Å²) >= 11 is 0. The first kappa shape index (κ1) is 21.7. The average Bonchev–Trinajstić information content (AvgIpc) is 2.65. The van der Waals surface area contributed by atoms with Gasteiger partial charge in [0.25, 0.3) is 0 Å². The SMILES string of the molecule is CC(Cc1ccccc1)NC(=O)C(C)OC1C(N)C(CO)OC(CO)C1O. The predicted molar refractivity (Wildman–Crippen MR) is 98.9 cm³/mol. The van der Waals surface area contributed by atoms with Gasteiger partial charge in [-0.2, -0.15) is 0 Å². The van der Waals surface area contributed by atoms with Crippen LogP contribution in [0, 0.1) is 0 Å². The van der Waals surface area contributed by atoms with Gasteiger partial charge in [-0.3, -0.25) is 4.79 Å². The Balaban J connectivity index is 1.93. The van der Waals surface area contributed by atoms with Crippen LogP contribution in [0.2, 0.25) is 0 Å². The fraction of sp³-hybridized carbons (Fsp3) is 0.632. The summed E-state index contributed by atoms with van der Waals surface area (Å²) < 4.78 is 11.1. The highest BCUT2D eigenvalue weighted by molar-refractivity contribution is 5.80. The molecule has 1 aromatic carbocycles. The molecule has 0 radical (unpaired) electrons. The molecule has 0 aliphatic carbocycles. The van der Waals surface area contributed by atoms with E-state index in [4.69, 9.17) is 15.2 Å². The molecule has 8 nitrogen and oxygen atoms in total. The third kappa shape index (κ3) is 5.71. The summed E-state index contributed by atoms with van der Waals surface area (Å²) in [4.78, 5) is 12.4. The van der Waals surface area contributed by atoms with E-state index in [2.05, 4.69) is 5.32 Å². The summed E-state index contributed by atoms with van der Waals surface area (Å²) in [5, 5.41) is 31.9. The van der Waals surface area contributed by atoms with Gasteiger partial charge in [-0.1, -0.05) is 30.3 Å². The van der Waals surface area contributed by atoms with E-state index >= 15 is 0 Å². The molecule has 0 aromatic heterocycles. The van der Waals surface area contributed by atoms with E-state index in [0.717, 1.165) is 5.56 Å². The first-order valence-electron chi connectivity index (χ1n) is 9.18. The Morgan fingerprint density at radius 3 is 2.44 bits per heavy atom. The summed E-state index contributed by atoms with van der Waals surface area (Å²) in [5.74, 6) is -0.328. The average molecular weight is 382 g/mol. The number of hydrogen-bond donors (Lipinski definition) is 5. The second kappa shape index (κ2) is 10.1. The molecule has 1 fully saturated rings. The van der Waals surface area contributed by atoms with Crippen molar-refractivity contribution in [1.29, 1.82) is 0 Å². The van der Waals surface area contributed by atoms with Gasteiger partial charge in [0.15, 0.2) is 0 Å². The number of amides is 1. The fourth-order valence-electron chi connectivity index (χ4n) is 3.21. The van der Waals surface area contributed by atoms with Gasteiger partial charge < -0.3 is 35.8 Å². The molecule has 6 N–H and O–H groups in total. The minimum Gasteiger partial charge on any atom is -0.394 e. The number of aliphatic hydroxyl groups excluding tert-OH is 3. The molecule has 1 aliphatic rings. The molecule has 1 aromatic rings. The van der Waals surface area contributed by atoms with Gasteiger partial charge in [0.1, 0.15) is 24.4 Å². The molecule has 7 atom stereocenters. The van der Waals surface area contributed by atoms with E-state index in [1.807, 2.05) is 37.3 Å². The standard InChI is InChI=1S/C19H30N2O6/c1-11(8-13-6-4-3-5-7-13)21-19(25)12(2)26-18-16(20)14(9-22)27-15(10-23)17(18)24/h3-7,11-12,14-18,22-24H,8-10,20H2,1-2H3,(H,21,25). The highest BCUT2D eigenvalue weighted by Crippen LogP contribution is 2.23. The molecule has 0 spiro atoms. The van der Waals surface area contributed by atoms with Crippen molar-refractivity contribution in [3.8, 4) is 0 Å². The van der Waals surface area contributed by atoms with E-state index in [-0.39, 0.29) is 18.6 Å². The molecule has 1 amide bonds. The van der Waals surface area contributed by atoms with Crippen molar-refractivity contribution in [2.75, 3.05) is 13.2 Å². The molecule has 152 valence electrons. The van der Waals surface area contributed by atoms with Crippen LogP contribution >= 0.6 is 0 Å². The van der Waals surface area contributed by atoms with Crippen LogP contribution in [0.4, 0.5) is 0 Å². The smallest absolute Gasteiger partial charge is 0.249 e. The second-order valence-electron chi connectivity index (χ2n) is 6.99. The van der Waals surface area contributed by atoms with Crippen LogP contribution < -0.4 is 11.1 Å². The van der Waals surface area contributed by atoms with Crippen molar-refractivity contribution in [3.63, 3.8) is 0 Å². The maximum atomic E-state index is 12.4.